The topological polar surface area (TPSA) is 66.0 Å². The van der Waals surface area contributed by atoms with Crippen LogP contribution in [-0.2, 0) is 4.79 Å². The van der Waals surface area contributed by atoms with Crippen LogP contribution in [0.5, 0.6) is 23.0 Å². The molecule has 0 saturated carbocycles. The standard InChI is InChI=1S/C22H27NO5/c1-5-8-16-9-11-18(20(13-16)25-4)28-15-22(24)23-17-10-12-19(26-6-2)21(14-17)27-7-3/h5,8-14H,6-7,15H2,1-4H3,(H,23,24)/b8-5+. The van der Waals surface area contributed by atoms with E-state index in [1.54, 1.807) is 31.4 Å². The molecular formula is C22H27NO5. The van der Waals surface area contributed by atoms with E-state index in [-0.39, 0.29) is 12.5 Å². The second-order valence-corrected chi connectivity index (χ2v) is 5.77. The van der Waals surface area contributed by atoms with E-state index in [2.05, 4.69) is 5.32 Å². The van der Waals surface area contributed by atoms with Crippen molar-refractivity contribution in [2.45, 2.75) is 20.8 Å². The maximum absolute atomic E-state index is 12.3. The fourth-order valence-electron chi connectivity index (χ4n) is 2.57. The molecule has 2 aromatic rings. The van der Waals surface area contributed by atoms with Crippen molar-refractivity contribution in [3.05, 3.63) is 48.0 Å². The van der Waals surface area contributed by atoms with Crippen LogP contribution in [0.25, 0.3) is 6.08 Å². The Bertz CT molecular complexity index is 817. The molecule has 6 heteroatoms. The smallest absolute Gasteiger partial charge is 0.262 e. The monoisotopic (exact) mass is 385 g/mol. The third kappa shape index (κ3) is 5.94. The molecule has 28 heavy (non-hydrogen) atoms. The number of methoxy groups -OCH3 is 1. The lowest BCUT2D eigenvalue weighted by Gasteiger charge is -2.14. The molecule has 0 aromatic heterocycles. The molecule has 0 radical (unpaired) electrons. The molecule has 0 saturated heterocycles. The number of carbonyl (C=O) groups is 1. The van der Waals surface area contributed by atoms with Crippen LogP contribution in [0.3, 0.4) is 0 Å². The molecule has 0 bridgehead atoms. The lowest BCUT2D eigenvalue weighted by atomic mass is 10.2. The number of amides is 1. The maximum atomic E-state index is 12.3. The highest BCUT2D eigenvalue weighted by Gasteiger charge is 2.11. The highest BCUT2D eigenvalue weighted by Crippen LogP contribution is 2.31. The van der Waals surface area contributed by atoms with Gasteiger partial charge in [0.2, 0.25) is 0 Å². The third-order valence-corrected chi connectivity index (χ3v) is 3.73. The molecule has 6 nitrogen and oxygen atoms in total. The van der Waals surface area contributed by atoms with Crippen molar-refractivity contribution in [3.8, 4) is 23.0 Å². The van der Waals surface area contributed by atoms with Gasteiger partial charge in [0.1, 0.15) is 0 Å². The van der Waals surface area contributed by atoms with Gasteiger partial charge in [-0.1, -0.05) is 18.2 Å². The SMILES string of the molecule is C/C=C/c1ccc(OCC(=O)Nc2ccc(OCC)c(OCC)c2)c(OC)c1. The summed E-state index contributed by atoms with van der Waals surface area (Å²) in [5.74, 6) is 2.02. The summed E-state index contributed by atoms with van der Waals surface area (Å²) in [6, 6.07) is 10.8. The lowest BCUT2D eigenvalue weighted by Crippen LogP contribution is -2.20. The van der Waals surface area contributed by atoms with Crippen molar-refractivity contribution in [2.24, 2.45) is 0 Å². The Kier molecular flexibility index (Phi) is 8.21. The number of allylic oxidation sites excluding steroid dienone is 1. The summed E-state index contributed by atoms with van der Waals surface area (Å²) < 4.78 is 22.1. The van der Waals surface area contributed by atoms with Gasteiger partial charge >= 0.3 is 0 Å². The molecule has 0 heterocycles. The Morgan fingerprint density at radius 2 is 1.61 bits per heavy atom. The van der Waals surface area contributed by atoms with Crippen LogP contribution >= 0.6 is 0 Å². The summed E-state index contributed by atoms with van der Waals surface area (Å²) in [6.45, 7) is 6.64. The zero-order chi connectivity index (χ0) is 20.4. The number of carbonyl (C=O) groups excluding carboxylic acids is 1. The summed E-state index contributed by atoms with van der Waals surface area (Å²) in [5.41, 5.74) is 1.60. The van der Waals surface area contributed by atoms with Crippen molar-refractivity contribution in [1.29, 1.82) is 0 Å². The second kappa shape index (κ2) is 10.9. The normalized spacial score (nSPS) is 10.6. The van der Waals surface area contributed by atoms with Crippen LogP contribution in [0.4, 0.5) is 5.69 Å². The first kappa shape index (κ1) is 21.2. The van der Waals surface area contributed by atoms with Gasteiger partial charge in [-0.2, -0.15) is 0 Å². The Labute approximate surface area is 166 Å². The quantitative estimate of drug-likeness (QED) is 0.650. The van der Waals surface area contributed by atoms with Gasteiger partial charge in [0, 0.05) is 11.8 Å². The van der Waals surface area contributed by atoms with Gasteiger partial charge in [-0.25, -0.2) is 0 Å². The van der Waals surface area contributed by atoms with Crippen LogP contribution in [0.15, 0.2) is 42.5 Å². The molecule has 0 aliphatic rings. The number of rotatable bonds is 10. The second-order valence-electron chi connectivity index (χ2n) is 5.77. The summed E-state index contributed by atoms with van der Waals surface area (Å²) in [7, 11) is 1.57. The van der Waals surface area contributed by atoms with E-state index in [0.717, 1.165) is 5.56 Å². The van der Waals surface area contributed by atoms with Gasteiger partial charge in [0.15, 0.2) is 29.6 Å². The molecule has 0 spiro atoms. The molecule has 0 unspecified atom stereocenters. The van der Waals surface area contributed by atoms with Gasteiger partial charge in [0.05, 0.1) is 20.3 Å². The summed E-state index contributed by atoms with van der Waals surface area (Å²) in [5, 5.41) is 2.80. The molecule has 2 rings (SSSR count). The lowest BCUT2D eigenvalue weighted by molar-refractivity contribution is -0.118. The van der Waals surface area contributed by atoms with E-state index < -0.39 is 0 Å². The van der Waals surface area contributed by atoms with Gasteiger partial charge < -0.3 is 24.3 Å². The van der Waals surface area contributed by atoms with Crippen molar-refractivity contribution >= 4 is 17.7 Å². The Morgan fingerprint density at radius 3 is 2.29 bits per heavy atom. The van der Waals surface area contributed by atoms with Crippen molar-refractivity contribution in [2.75, 3.05) is 32.2 Å². The zero-order valence-electron chi connectivity index (χ0n) is 16.8. The largest absolute Gasteiger partial charge is 0.493 e. The van der Waals surface area contributed by atoms with E-state index in [1.165, 1.54) is 0 Å². The number of ether oxygens (including phenoxy) is 4. The average molecular weight is 385 g/mol. The molecule has 150 valence electrons. The minimum atomic E-state index is -0.286. The summed E-state index contributed by atoms with van der Waals surface area (Å²) >= 11 is 0. The zero-order valence-corrected chi connectivity index (χ0v) is 16.8. The number of hydrogen-bond donors (Lipinski definition) is 1. The number of anilines is 1. The summed E-state index contributed by atoms with van der Waals surface area (Å²) in [4.78, 5) is 12.3. The fourth-order valence-corrected chi connectivity index (χ4v) is 2.57. The highest BCUT2D eigenvalue weighted by molar-refractivity contribution is 5.92. The molecule has 1 N–H and O–H groups in total. The van der Waals surface area contributed by atoms with Crippen LogP contribution < -0.4 is 24.3 Å². The van der Waals surface area contributed by atoms with E-state index in [1.807, 2.05) is 45.1 Å². The summed E-state index contributed by atoms with van der Waals surface area (Å²) in [6.07, 6.45) is 3.90. The highest BCUT2D eigenvalue weighted by atomic mass is 16.5. The van der Waals surface area contributed by atoms with Crippen molar-refractivity contribution < 1.29 is 23.7 Å². The Hall–Kier alpha value is -3.15. The molecule has 1 amide bonds. The predicted octanol–water partition coefficient (Wildman–Crippen LogP) is 4.54. The molecule has 0 atom stereocenters. The van der Waals surface area contributed by atoms with Crippen LogP contribution in [-0.4, -0.2) is 32.8 Å². The minimum Gasteiger partial charge on any atom is -0.493 e. The molecule has 2 aromatic carbocycles. The predicted molar refractivity (Wildman–Crippen MR) is 111 cm³/mol. The Morgan fingerprint density at radius 1 is 0.929 bits per heavy atom. The van der Waals surface area contributed by atoms with Gasteiger partial charge in [0.25, 0.3) is 5.91 Å². The molecule has 0 aliphatic heterocycles. The first-order valence-electron chi connectivity index (χ1n) is 9.24. The van der Waals surface area contributed by atoms with Crippen LogP contribution in [0.1, 0.15) is 26.3 Å². The first-order valence-corrected chi connectivity index (χ1v) is 9.24. The van der Waals surface area contributed by atoms with Gasteiger partial charge in [-0.15, -0.1) is 0 Å². The van der Waals surface area contributed by atoms with Gasteiger partial charge in [-0.05, 0) is 50.6 Å². The van der Waals surface area contributed by atoms with E-state index >= 15 is 0 Å². The van der Waals surface area contributed by atoms with Crippen molar-refractivity contribution in [3.63, 3.8) is 0 Å². The van der Waals surface area contributed by atoms with Crippen LogP contribution in [0.2, 0.25) is 0 Å². The van der Waals surface area contributed by atoms with Crippen molar-refractivity contribution in [1.82, 2.24) is 0 Å². The van der Waals surface area contributed by atoms with Crippen LogP contribution in [0, 0.1) is 0 Å². The first-order chi connectivity index (χ1) is 13.6. The average Bonchev–Trinajstić information content (AvgIpc) is 2.69. The minimum absolute atomic E-state index is 0.142. The Balaban J connectivity index is 2.01. The van der Waals surface area contributed by atoms with E-state index in [9.17, 15) is 4.79 Å². The molecule has 0 aliphatic carbocycles. The number of hydrogen-bond acceptors (Lipinski definition) is 5. The maximum Gasteiger partial charge on any atom is 0.262 e. The number of nitrogens with one attached hydrogen (secondary N) is 1. The molecular weight excluding hydrogens is 358 g/mol. The van der Waals surface area contributed by atoms with E-state index in [0.29, 0.717) is 41.9 Å². The third-order valence-electron chi connectivity index (χ3n) is 3.73. The van der Waals surface area contributed by atoms with Gasteiger partial charge in [-0.3, -0.25) is 4.79 Å². The van der Waals surface area contributed by atoms with E-state index in [4.69, 9.17) is 18.9 Å². The molecule has 0 fully saturated rings. The fraction of sp³-hybridized carbons (Fsp3) is 0.318. The number of benzene rings is 2.